The first-order chi connectivity index (χ1) is 9.65. The zero-order valence-electron chi connectivity index (χ0n) is 11.1. The Morgan fingerprint density at radius 2 is 2.05 bits per heavy atom. The number of hydrogen-bond donors (Lipinski definition) is 2. The molecule has 3 N–H and O–H groups in total. The summed E-state index contributed by atoms with van der Waals surface area (Å²) in [7, 11) is 0. The van der Waals surface area contributed by atoms with Gasteiger partial charge in [0.15, 0.2) is 0 Å². The SMILES string of the molecule is NC(=O)NC(=O)CCSc1nnc(C2CCCCC2)o1. The fraction of sp³-hybridized carbons (Fsp3) is 0.667. The van der Waals surface area contributed by atoms with Crippen LogP contribution in [-0.2, 0) is 4.79 Å². The van der Waals surface area contributed by atoms with Gasteiger partial charge in [0.25, 0.3) is 5.22 Å². The molecule has 2 rings (SSSR count). The second kappa shape index (κ2) is 7.28. The van der Waals surface area contributed by atoms with E-state index in [9.17, 15) is 9.59 Å². The van der Waals surface area contributed by atoms with Crippen LogP contribution >= 0.6 is 11.8 Å². The molecule has 110 valence electrons. The first-order valence-electron chi connectivity index (χ1n) is 6.70. The zero-order chi connectivity index (χ0) is 14.4. The predicted molar refractivity (Wildman–Crippen MR) is 73.2 cm³/mol. The van der Waals surface area contributed by atoms with Gasteiger partial charge in [0, 0.05) is 18.1 Å². The minimum absolute atomic E-state index is 0.175. The quantitative estimate of drug-likeness (QED) is 0.802. The van der Waals surface area contributed by atoms with E-state index in [1.54, 1.807) is 0 Å². The number of carbonyl (C=O) groups is 2. The Bertz CT molecular complexity index is 471. The summed E-state index contributed by atoms with van der Waals surface area (Å²) >= 11 is 1.31. The van der Waals surface area contributed by atoms with Crippen molar-refractivity contribution in [3.8, 4) is 0 Å². The lowest BCUT2D eigenvalue weighted by atomic mass is 9.89. The van der Waals surface area contributed by atoms with E-state index in [0.29, 0.717) is 22.8 Å². The normalized spacial score (nSPS) is 16.0. The van der Waals surface area contributed by atoms with Gasteiger partial charge in [0.1, 0.15) is 0 Å². The highest BCUT2D eigenvalue weighted by Crippen LogP contribution is 2.32. The number of urea groups is 1. The van der Waals surface area contributed by atoms with Crippen LogP contribution < -0.4 is 11.1 Å². The number of thioether (sulfide) groups is 1. The summed E-state index contributed by atoms with van der Waals surface area (Å²) in [4.78, 5) is 21.7. The van der Waals surface area contributed by atoms with Gasteiger partial charge in [-0.25, -0.2) is 4.79 Å². The Morgan fingerprint density at radius 3 is 2.75 bits per heavy atom. The topological polar surface area (TPSA) is 111 Å². The molecule has 1 saturated carbocycles. The Morgan fingerprint density at radius 1 is 1.30 bits per heavy atom. The molecule has 0 unspecified atom stereocenters. The predicted octanol–water partition coefficient (Wildman–Crippen LogP) is 1.79. The van der Waals surface area contributed by atoms with Crippen LogP contribution in [0.2, 0.25) is 0 Å². The summed E-state index contributed by atoms with van der Waals surface area (Å²) in [6.07, 6.45) is 6.09. The molecule has 20 heavy (non-hydrogen) atoms. The van der Waals surface area contributed by atoms with Gasteiger partial charge in [-0.2, -0.15) is 0 Å². The van der Waals surface area contributed by atoms with Crippen molar-refractivity contribution in [2.45, 2.75) is 49.7 Å². The molecule has 0 bridgehead atoms. The number of carbonyl (C=O) groups excluding carboxylic acids is 2. The van der Waals surface area contributed by atoms with Crippen LogP contribution in [0.1, 0.15) is 50.3 Å². The molecule has 7 nitrogen and oxygen atoms in total. The van der Waals surface area contributed by atoms with Crippen LogP contribution in [0, 0.1) is 0 Å². The molecule has 1 aliphatic rings. The molecule has 0 saturated heterocycles. The monoisotopic (exact) mass is 298 g/mol. The molecule has 0 radical (unpaired) electrons. The van der Waals surface area contributed by atoms with E-state index >= 15 is 0 Å². The number of nitrogens with two attached hydrogens (primary N) is 1. The number of rotatable bonds is 5. The molecule has 1 fully saturated rings. The Hall–Kier alpha value is -1.57. The summed E-state index contributed by atoms with van der Waals surface area (Å²) in [5.41, 5.74) is 4.84. The van der Waals surface area contributed by atoms with E-state index in [2.05, 4.69) is 10.2 Å². The van der Waals surface area contributed by atoms with E-state index in [4.69, 9.17) is 10.2 Å². The van der Waals surface area contributed by atoms with Gasteiger partial charge in [-0.15, -0.1) is 10.2 Å². The van der Waals surface area contributed by atoms with Gasteiger partial charge in [-0.05, 0) is 12.8 Å². The lowest BCUT2D eigenvalue weighted by Gasteiger charge is -2.17. The van der Waals surface area contributed by atoms with Crippen molar-refractivity contribution >= 4 is 23.7 Å². The van der Waals surface area contributed by atoms with Gasteiger partial charge in [0.05, 0.1) is 0 Å². The molecular formula is C12H18N4O3S. The minimum atomic E-state index is -0.836. The molecule has 8 heteroatoms. The van der Waals surface area contributed by atoms with Crippen molar-refractivity contribution in [2.75, 3.05) is 5.75 Å². The van der Waals surface area contributed by atoms with Crippen LogP contribution in [0.3, 0.4) is 0 Å². The fourth-order valence-electron chi connectivity index (χ4n) is 2.22. The summed E-state index contributed by atoms with van der Waals surface area (Å²) in [5.74, 6) is 1.14. The minimum Gasteiger partial charge on any atom is -0.416 e. The number of nitrogens with zero attached hydrogens (tertiary/aromatic N) is 2. The van der Waals surface area contributed by atoms with E-state index in [1.165, 1.54) is 31.0 Å². The first-order valence-corrected chi connectivity index (χ1v) is 7.69. The molecule has 0 atom stereocenters. The van der Waals surface area contributed by atoms with Crippen LogP contribution in [0.4, 0.5) is 4.79 Å². The largest absolute Gasteiger partial charge is 0.416 e. The van der Waals surface area contributed by atoms with Crippen molar-refractivity contribution in [3.05, 3.63) is 5.89 Å². The molecule has 0 aliphatic heterocycles. The molecule has 3 amide bonds. The Labute approximate surface area is 121 Å². The van der Waals surface area contributed by atoms with E-state index in [-0.39, 0.29) is 6.42 Å². The van der Waals surface area contributed by atoms with Gasteiger partial charge in [0.2, 0.25) is 11.8 Å². The fourth-order valence-corrected chi connectivity index (χ4v) is 2.93. The van der Waals surface area contributed by atoms with Crippen molar-refractivity contribution < 1.29 is 14.0 Å². The summed E-state index contributed by atoms with van der Waals surface area (Å²) < 4.78 is 5.60. The number of amides is 3. The standard InChI is InChI=1S/C12H18N4O3S/c13-11(18)14-9(17)6-7-20-12-16-15-10(19-12)8-4-2-1-3-5-8/h8H,1-7H2,(H3,13,14,17,18). The second-order valence-corrected chi connectivity index (χ2v) is 5.80. The average molecular weight is 298 g/mol. The highest BCUT2D eigenvalue weighted by atomic mass is 32.2. The molecule has 1 aromatic heterocycles. The van der Waals surface area contributed by atoms with Gasteiger partial charge in [-0.1, -0.05) is 31.0 Å². The van der Waals surface area contributed by atoms with E-state index in [1.807, 2.05) is 5.32 Å². The number of imide groups is 1. The van der Waals surface area contributed by atoms with E-state index < -0.39 is 11.9 Å². The van der Waals surface area contributed by atoms with Crippen molar-refractivity contribution in [1.82, 2.24) is 15.5 Å². The number of primary amides is 1. The third-order valence-electron chi connectivity index (χ3n) is 3.19. The zero-order valence-corrected chi connectivity index (χ0v) is 11.9. The lowest BCUT2D eigenvalue weighted by Crippen LogP contribution is -2.35. The van der Waals surface area contributed by atoms with Gasteiger partial charge >= 0.3 is 6.03 Å². The maximum absolute atomic E-state index is 11.2. The third-order valence-corrected chi connectivity index (χ3v) is 4.01. The van der Waals surface area contributed by atoms with Crippen molar-refractivity contribution in [3.63, 3.8) is 0 Å². The maximum Gasteiger partial charge on any atom is 0.318 e. The highest BCUT2D eigenvalue weighted by Gasteiger charge is 2.21. The van der Waals surface area contributed by atoms with Crippen LogP contribution in [0.5, 0.6) is 0 Å². The average Bonchev–Trinajstić information content (AvgIpc) is 2.88. The number of hydrogen-bond acceptors (Lipinski definition) is 6. The summed E-state index contributed by atoms with van der Waals surface area (Å²) in [5, 5.41) is 10.5. The van der Waals surface area contributed by atoms with Crippen molar-refractivity contribution in [2.24, 2.45) is 5.73 Å². The third kappa shape index (κ3) is 4.52. The lowest BCUT2D eigenvalue weighted by molar-refractivity contribution is -0.119. The van der Waals surface area contributed by atoms with Crippen molar-refractivity contribution in [1.29, 1.82) is 0 Å². The van der Waals surface area contributed by atoms with Crippen LogP contribution in [-0.4, -0.2) is 27.9 Å². The summed E-state index contributed by atoms with van der Waals surface area (Å²) in [6.45, 7) is 0. The number of nitrogens with one attached hydrogen (secondary N) is 1. The van der Waals surface area contributed by atoms with Gasteiger partial charge < -0.3 is 10.2 Å². The van der Waals surface area contributed by atoms with Gasteiger partial charge in [-0.3, -0.25) is 10.1 Å². The molecule has 0 spiro atoms. The molecule has 1 aliphatic carbocycles. The molecule has 0 aromatic carbocycles. The maximum atomic E-state index is 11.2. The molecule has 1 heterocycles. The van der Waals surface area contributed by atoms with Crippen LogP contribution in [0.15, 0.2) is 9.64 Å². The van der Waals surface area contributed by atoms with Crippen LogP contribution in [0.25, 0.3) is 0 Å². The van der Waals surface area contributed by atoms with E-state index in [0.717, 1.165) is 12.8 Å². The first kappa shape index (κ1) is 14.8. The molecular weight excluding hydrogens is 280 g/mol. The molecule has 1 aromatic rings. The Balaban J connectivity index is 1.75. The number of aromatic nitrogens is 2. The summed E-state index contributed by atoms with van der Waals surface area (Å²) in [6, 6.07) is -0.836. The second-order valence-electron chi connectivity index (χ2n) is 4.75. The smallest absolute Gasteiger partial charge is 0.318 e. The Kier molecular flexibility index (Phi) is 5.40. The highest BCUT2D eigenvalue weighted by molar-refractivity contribution is 7.99.